The fraction of sp³-hybridized carbons (Fsp3) is 0.562. The molecule has 0 saturated heterocycles. The van der Waals surface area contributed by atoms with Crippen LogP contribution in [0.2, 0.25) is 15.1 Å². The van der Waals surface area contributed by atoms with Gasteiger partial charge in [-0.1, -0.05) is 67.9 Å². The lowest BCUT2D eigenvalue weighted by atomic mass is 10.0. The summed E-state index contributed by atoms with van der Waals surface area (Å²) in [6.07, 6.45) is 4.35. The van der Waals surface area contributed by atoms with E-state index in [0.717, 1.165) is 25.7 Å². The average Bonchev–Trinajstić information content (AvgIpc) is 2.49. The van der Waals surface area contributed by atoms with Gasteiger partial charge < -0.3 is 9.47 Å². The molecule has 1 unspecified atom stereocenters. The second-order valence-corrected chi connectivity index (χ2v) is 6.31. The quantitative estimate of drug-likeness (QED) is 0.409. The van der Waals surface area contributed by atoms with Crippen LogP contribution in [0.3, 0.4) is 0 Å². The SMILES string of the molecule is CCCCC(CC)COC(=O)COc1cc(Cl)c(Cl)cc1Cl. The third-order valence-corrected chi connectivity index (χ3v) is 4.36. The van der Waals surface area contributed by atoms with Crippen molar-refractivity contribution in [2.24, 2.45) is 5.92 Å². The Morgan fingerprint density at radius 3 is 2.45 bits per heavy atom. The first-order valence-electron chi connectivity index (χ1n) is 7.40. The summed E-state index contributed by atoms with van der Waals surface area (Å²) in [5, 5.41) is 0.958. The molecule has 0 bridgehead atoms. The number of benzene rings is 1. The predicted molar refractivity (Wildman–Crippen MR) is 91.2 cm³/mol. The van der Waals surface area contributed by atoms with Crippen LogP contribution < -0.4 is 4.74 Å². The van der Waals surface area contributed by atoms with Gasteiger partial charge >= 0.3 is 5.97 Å². The molecule has 1 aromatic carbocycles. The van der Waals surface area contributed by atoms with Gasteiger partial charge in [0.2, 0.25) is 0 Å². The second-order valence-electron chi connectivity index (χ2n) is 5.08. The van der Waals surface area contributed by atoms with E-state index in [1.807, 2.05) is 0 Å². The number of unbranched alkanes of at least 4 members (excludes halogenated alkanes) is 1. The molecule has 0 heterocycles. The molecule has 22 heavy (non-hydrogen) atoms. The molecular weight excluding hydrogens is 347 g/mol. The average molecular weight is 368 g/mol. The number of rotatable bonds is 9. The van der Waals surface area contributed by atoms with Crippen LogP contribution in [0.4, 0.5) is 0 Å². The van der Waals surface area contributed by atoms with Crippen molar-refractivity contribution in [3.63, 3.8) is 0 Å². The summed E-state index contributed by atoms with van der Waals surface area (Å²) in [7, 11) is 0. The Labute approximate surface area is 146 Å². The van der Waals surface area contributed by atoms with Crippen molar-refractivity contribution < 1.29 is 14.3 Å². The highest BCUT2D eigenvalue weighted by Gasteiger charge is 2.12. The van der Waals surface area contributed by atoms with Gasteiger partial charge in [-0.3, -0.25) is 0 Å². The van der Waals surface area contributed by atoms with Crippen LogP contribution in [0.15, 0.2) is 12.1 Å². The second kappa shape index (κ2) is 10.2. The van der Waals surface area contributed by atoms with Gasteiger partial charge in [-0.15, -0.1) is 0 Å². The van der Waals surface area contributed by atoms with Crippen molar-refractivity contribution in [1.29, 1.82) is 0 Å². The van der Waals surface area contributed by atoms with Gasteiger partial charge in [-0.25, -0.2) is 4.79 Å². The fourth-order valence-corrected chi connectivity index (χ4v) is 2.49. The zero-order chi connectivity index (χ0) is 16.5. The van der Waals surface area contributed by atoms with Crippen molar-refractivity contribution in [2.75, 3.05) is 13.2 Å². The van der Waals surface area contributed by atoms with Gasteiger partial charge in [0.25, 0.3) is 0 Å². The molecule has 0 radical (unpaired) electrons. The van der Waals surface area contributed by atoms with E-state index in [9.17, 15) is 4.79 Å². The van der Waals surface area contributed by atoms with Crippen LogP contribution in [-0.2, 0) is 9.53 Å². The fourth-order valence-electron chi connectivity index (χ4n) is 1.90. The van der Waals surface area contributed by atoms with Crippen molar-refractivity contribution in [3.05, 3.63) is 27.2 Å². The Hall–Kier alpha value is -0.640. The number of ether oxygens (including phenoxy) is 2. The van der Waals surface area contributed by atoms with E-state index in [4.69, 9.17) is 44.3 Å². The van der Waals surface area contributed by atoms with Crippen LogP contribution in [0.5, 0.6) is 5.75 Å². The molecule has 0 fully saturated rings. The van der Waals surface area contributed by atoms with Crippen LogP contribution in [0.25, 0.3) is 0 Å². The maximum absolute atomic E-state index is 11.7. The van der Waals surface area contributed by atoms with Crippen molar-refractivity contribution in [2.45, 2.75) is 39.5 Å². The van der Waals surface area contributed by atoms with E-state index < -0.39 is 5.97 Å². The van der Waals surface area contributed by atoms with E-state index in [0.29, 0.717) is 33.3 Å². The van der Waals surface area contributed by atoms with Crippen LogP contribution in [-0.4, -0.2) is 19.2 Å². The van der Waals surface area contributed by atoms with E-state index in [-0.39, 0.29) is 6.61 Å². The molecule has 1 aromatic rings. The third-order valence-electron chi connectivity index (χ3n) is 3.34. The molecule has 0 aliphatic carbocycles. The number of halogens is 3. The first-order chi connectivity index (χ1) is 10.5. The minimum absolute atomic E-state index is 0.206. The number of hydrogen-bond acceptors (Lipinski definition) is 3. The van der Waals surface area contributed by atoms with Crippen molar-refractivity contribution >= 4 is 40.8 Å². The molecule has 0 N–H and O–H groups in total. The van der Waals surface area contributed by atoms with Crippen LogP contribution >= 0.6 is 34.8 Å². The zero-order valence-corrected chi connectivity index (χ0v) is 15.1. The smallest absolute Gasteiger partial charge is 0.344 e. The molecule has 0 aromatic heterocycles. The van der Waals surface area contributed by atoms with Crippen molar-refractivity contribution in [3.8, 4) is 5.75 Å². The summed E-state index contributed by atoms with van der Waals surface area (Å²) < 4.78 is 10.6. The van der Waals surface area contributed by atoms with E-state index >= 15 is 0 Å². The highest BCUT2D eigenvalue weighted by Crippen LogP contribution is 2.33. The van der Waals surface area contributed by atoms with Gasteiger partial charge in [-0.05, 0) is 18.4 Å². The molecule has 1 rings (SSSR count). The Morgan fingerprint density at radius 2 is 1.82 bits per heavy atom. The van der Waals surface area contributed by atoms with Gasteiger partial charge in [-0.2, -0.15) is 0 Å². The lowest BCUT2D eigenvalue weighted by Crippen LogP contribution is -2.19. The monoisotopic (exact) mass is 366 g/mol. The van der Waals surface area contributed by atoms with E-state index in [2.05, 4.69) is 13.8 Å². The molecule has 0 aliphatic heterocycles. The summed E-state index contributed by atoms with van der Waals surface area (Å²) >= 11 is 17.7. The lowest BCUT2D eigenvalue weighted by molar-refractivity contribution is -0.147. The number of carbonyl (C=O) groups is 1. The van der Waals surface area contributed by atoms with Crippen LogP contribution in [0, 0.1) is 5.92 Å². The van der Waals surface area contributed by atoms with E-state index in [1.165, 1.54) is 12.1 Å². The van der Waals surface area contributed by atoms with Crippen LogP contribution in [0.1, 0.15) is 39.5 Å². The Morgan fingerprint density at radius 1 is 1.14 bits per heavy atom. The van der Waals surface area contributed by atoms with E-state index in [1.54, 1.807) is 0 Å². The lowest BCUT2D eigenvalue weighted by Gasteiger charge is -2.15. The number of esters is 1. The van der Waals surface area contributed by atoms with Crippen molar-refractivity contribution in [1.82, 2.24) is 0 Å². The summed E-state index contributed by atoms with van der Waals surface area (Å²) in [6, 6.07) is 2.96. The summed E-state index contributed by atoms with van der Waals surface area (Å²) in [5.41, 5.74) is 0. The highest BCUT2D eigenvalue weighted by molar-refractivity contribution is 6.43. The summed E-state index contributed by atoms with van der Waals surface area (Å²) in [6.45, 7) is 4.46. The van der Waals surface area contributed by atoms with Gasteiger partial charge in [0, 0.05) is 6.07 Å². The molecule has 6 heteroatoms. The Balaban J connectivity index is 2.41. The number of carbonyl (C=O) groups excluding carboxylic acids is 1. The first kappa shape index (κ1) is 19.4. The van der Waals surface area contributed by atoms with Gasteiger partial charge in [0.05, 0.1) is 21.7 Å². The minimum Gasteiger partial charge on any atom is -0.480 e. The molecule has 1 atom stereocenters. The van der Waals surface area contributed by atoms with Gasteiger partial charge in [0.1, 0.15) is 5.75 Å². The molecular formula is C16H21Cl3O3. The molecule has 0 saturated carbocycles. The Kier molecular flexibility index (Phi) is 8.99. The zero-order valence-electron chi connectivity index (χ0n) is 12.8. The Bertz CT molecular complexity index is 492. The molecule has 3 nitrogen and oxygen atoms in total. The minimum atomic E-state index is -0.419. The largest absolute Gasteiger partial charge is 0.480 e. The normalized spacial score (nSPS) is 12.0. The van der Waals surface area contributed by atoms with Gasteiger partial charge in [0.15, 0.2) is 6.61 Å². The maximum atomic E-state index is 11.7. The molecule has 0 spiro atoms. The highest BCUT2D eigenvalue weighted by atomic mass is 35.5. The molecule has 0 aliphatic rings. The molecule has 124 valence electrons. The maximum Gasteiger partial charge on any atom is 0.344 e. The number of hydrogen-bond donors (Lipinski definition) is 0. The summed E-state index contributed by atoms with van der Waals surface area (Å²) in [4.78, 5) is 11.7. The third kappa shape index (κ3) is 6.64. The standard InChI is InChI=1S/C16H21Cl3O3/c1-3-5-6-11(4-2)9-22-16(20)10-21-15-8-13(18)12(17)7-14(15)19/h7-8,11H,3-6,9-10H2,1-2H3. The predicted octanol–water partition coefficient (Wildman–Crippen LogP) is 5.79. The topological polar surface area (TPSA) is 35.5 Å². The summed E-state index contributed by atoms with van der Waals surface area (Å²) in [5.74, 6) is 0.292. The molecule has 0 amide bonds. The first-order valence-corrected chi connectivity index (χ1v) is 8.54.